The molecule has 0 aromatic heterocycles. The van der Waals surface area contributed by atoms with Gasteiger partial charge in [-0.3, -0.25) is 9.59 Å². The molecule has 0 bridgehead atoms. The maximum atomic E-state index is 13.9. The number of alkyl halides is 3. The van der Waals surface area contributed by atoms with E-state index in [0.29, 0.717) is 56.7 Å². The summed E-state index contributed by atoms with van der Waals surface area (Å²) in [6, 6.07) is 13.7. The molecular formula is C47H64F3N3O8. The quantitative estimate of drug-likeness (QED) is 0.172. The van der Waals surface area contributed by atoms with Gasteiger partial charge in [-0.05, 0) is 145 Å². The van der Waals surface area contributed by atoms with Crippen LogP contribution in [0.1, 0.15) is 120 Å². The van der Waals surface area contributed by atoms with E-state index in [2.05, 4.69) is 10.6 Å². The number of rotatable bonds is 11. The normalized spacial score (nSPS) is 27.9. The molecule has 3 unspecified atom stereocenters. The molecule has 2 aromatic rings. The van der Waals surface area contributed by atoms with Gasteiger partial charge in [-0.25, -0.2) is 4.79 Å². The lowest BCUT2D eigenvalue weighted by atomic mass is 9.76. The number of hydrogen-bond donors (Lipinski definition) is 4. The number of hydrogen-bond acceptors (Lipinski definition) is 9. The van der Waals surface area contributed by atoms with Crippen molar-refractivity contribution in [2.24, 2.45) is 22.7 Å². The minimum atomic E-state index is -4.40. The van der Waals surface area contributed by atoms with Crippen molar-refractivity contribution in [2.75, 3.05) is 19.8 Å². The van der Waals surface area contributed by atoms with Crippen LogP contribution in [0.15, 0.2) is 48.5 Å². The summed E-state index contributed by atoms with van der Waals surface area (Å²) in [5.41, 5.74) is -0.719. The molecule has 2 aliphatic heterocycles. The van der Waals surface area contributed by atoms with Crippen LogP contribution in [0.25, 0.3) is 0 Å². The van der Waals surface area contributed by atoms with E-state index >= 15 is 0 Å². The van der Waals surface area contributed by atoms with Crippen LogP contribution in [0.2, 0.25) is 0 Å². The van der Waals surface area contributed by atoms with Crippen molar-refractivity contribution in [3.8, 4) is 0 Å². The molecule has 0 spiro atoms. The van der Waals surface area contributed by atoms with E-state index in [-0.39, 0.29) is 48.9 Å². The summed E-state index contributed by atoms with van der Waals surface area (Å²) in [4.78, 5) is 40.8. The van der Waals surface area contributed by atoms with Crippen molar-refractivity contribution in [3.05, 3.63) is 70.8 Å². The van der Waals surface area contributed by atoms with E-state index in [0.717, 1.165) is 75.4 Å². The van der Waals surface area contributed by atoms with E-state index in [1.165, 1.54) is 12.1 Å². The van der Waals surface area contributed by atoms with Crippen LogP contribution in [-0.4, -0.2) is 88.8 Å². The number of amides is 2. The van der Waals surface area contributed by atoms with E-state index in [1.807, 2.05) is 51.1 Å². The first-order valence-electron chi connectivity index (χ1n) is 22.3. The van der Waals surface area contributed by atoms with Crippen molar-refractivity contribution in [2.45, 2.75) is 160 Å². The number of carbonyl (C=O) groups excluding carboxylic acids is 3. The summed E-state index contributed by atoms with van der Waals surface area (Å²) in [6.07, 6.45) is 3.38. The second-order valence-corrected chi connectivity index (χ2v) is 19.5. The Morgan fingerprint density at radius 2 is 1.44 bits per heavy atom. The predicted molar refractivity (Wildman–Crippen MR) is 221 cm³/mol. The smallest absolute Gasteiger partial charge is 0.416 e. The molecule has 2 heterocycles. The Morgan fingerprint density at radius 1 is 0.820 bits per heavy atom. The third-order valence-corrected chi connectivity index (χ3v) is 13.7. The van der Waals surface area contributed by atoms with Gasteiger partial charge < -0.3 is 40.0 Å². The Morgan fingerprint density at radius 3 is 2.08 bits per heavy atom. The highest BCUT2D eigenvalue weighted by Crippen LogP contribution is 2.52. The highest BCUT2D eigenvalue weighted by molar-refractivity contribution is 5.84. The van der Waals surface area contributed by atoms with Crippen LogP contribution in [0.3, 0.4) is 0 Å². The number of esters is 1. The molecule has 336 valence electrons. The first-order chi connectivity index (χ1) is 29.0. The highest BCUT2D eigenvalue weighted by atomic mass is 19.4. The molecule has 14 heteroatoms. The molecule has 4 N–H and O–H groups in total. The molecule has 8 rings (SSSR count). The van der Waals surface area contributed by atoms with Crippen LogP contribution >= 0.6 is 0 Å². The third kappa shape index (κ3) is 11.1. The molecule has 5 fully saturated rings. The Kier molecular flexibility index (Phi) is 13.8. The van der Waals surface area contributed by atoms with Gasteiger partial charge in [0.15, 0.2) is 0 Å². The number of halogens is 3. The second-order valence-electron chi connectivity index (χ2n) is 19.5. The number of nitrogens with zero attached hydrogens (tertiary/aromatic N) is 1. The van der Waals surface area contributed by atoms with Gasteiger partial charge in [0.25, 0.3) is 0 Å². The Labute approximate surface area is 357 Å². The molecule has 2 aromatic carbocycles. The lowest BCUT2D eigenvalue weighted by Crippen LogP contribution is -2.52. The first kappa shape index (κ1) is 45.3. The van der Waals surface area contributed by atoms with Crippen molar-refractivity contribution < 1.29 is 52.0 Å². The zero-order chi connectivity index (χ0) is 43.6. The monoisotopic (exact) mass is 855 g/mol. The van der Waals surface area contributed by atoms with Crippen LogP contribution in [0.4, 0.5) is 18.0 Å². The molecule has 2 amide bonds. The molecule has 11 nitrogen and oxygen atoms in total. The van der Waals surface area contributed by atoms with E-state index in [4.69, 9.17) is 14.2 Å². The van der Waals surface area contributed by atoms with Gasteiger partial charge in [0.1, 0.15) is 12.2 Å². The maximum Gasteiger partial charge on any atom is 0.416 e. The number of aliphatic hydroxyl groups excluding tert-OH is 2. The second kappa shape index (κ2) is 18.6. The molecule has 4 saturated carbocycles. The van der Waals surface area contributed by atoms with Crippen molar-refractivity contribution >= 4 is 18.0 Å². The number of nitrogens with one attached hydrogen (secondary N) is 2. The van der Waals surface area contributed by atoms with Crippen molar-refractivity contribution in [1.29, 1.82) is 0 Å². The molecule has 6 aliphatic rings. The van der Waals surface area contributed by atoms with Crippen molar-refractivity contribution in [3.63, 3.8) is 0 Å². The third-order valence-electron chi connectivity index (χ3n) is 13.7. The Balaban J connectivity index is 0.000000187. The van der Waals surface area contributed by atoms with Gasteiger partial charge in [-0.2, -0.15) is 13.2 Å². The number of benzene rings is 2. The summed E-state index contributed by atoms with van der Waals surface area (Å²) in [6.45, 7) is 7.75. The lowest BCUT2D eigenvalue weighted by molar-refractivity contribution is -0.166. The SMILES string of the molecule is CC(C)(C)OC(=O)N[C@@H]1CCC(C(=O)OCc2ccccc2)(C(O)C2CC2)C1.O=C(N1CCc2ccc(C(F)(F)F)cc2C1)[C@@]1(C(O)C2CC2)CC[C@@H](NC2CCOCC2)C1. The van der Waals surface area contributed by atoms with Crippen LogP contribution < -0.4 is 10.6 Å². The number of fused-ring (bicyclic) bond motifs is 1. The largest absolute Gasteiger partial charge is 0.460 e. The minimum absolute atomic E-state index is 0.0822. The van der Waals surface area contributed by atoms with Gasteiger partial charge in [0.05, 0.1) is 28.6 Å². The summed E-state index contributed by atoms with van der Waals surface area (Å²) in [5.74, 6) is -0.153. The van der Waals surface area contributed by atoms with E-state index < -0.39 is 46.5 Å². The highest BCUT2D eigenvalue weighted by Gasteiger charge is 2.57. The molecule has 1 saturated heterocycles. The van der Waals surface area contributed by atoms with Gasteiger partial charge in [-0.15, -0.1) is 0 Å². The minimum Gasteiger partial charge on any atom is -0.460 e. The van der Waals surface area contributed by atoms with Gasteiger partial charge >= 0.3 is 18.2 Å². The molecular weight excluding hydrogens is 792 g/mol. The summed E-state index contributed by atoms with van der Waals surface area (Å²) < 4.78 is 56.1. The van der Waals surface area contributed by atoms with Crippen molar-refractivity contribution in [1.82, 2.24) is 15.5 Å². The average Bonchev–Trinajstić information content (AvgIpc) is 4.17. The van der Waals surface area contributed by atoms with E-state index in [1.54, 1.807) is 4.90 Å². The standard InChI is InChI=1S/C25H33F3N2O3.C22H31NO5/c26-25(27,28)19-4-3-16-6-10-30(15-18(16)13-19)23(32)24(22(31)17-1-2-17)9-5-21(14-24)29-20-7-11-33-12-8-20;1-21(2,3)28-20(26)23-17-11-12-22(13-17,18(24)16-9-10-16)19(25)27-14-15-7-5-4-6-8-15/h3-4,13,17,20-22,29,31H,1-2,5-12,14-15H2;4-8,16-18,24H,9-14H2,1-3H3,(H,23,26)/t21-,22?,24+;17-,18?,22?/m11/s1. The van der Waals surface area contributed by atoms with Crippen LogP contribution in [-0.2, 0) is 49.5 Å². The summed E-state index contributed by atoms with van der Waals surface area (Å²) in [5, 5.41) is 28.7. The average molecular weight is 856 g/mol. The molecule has 61 heavy (non-hydrogen) atoms. The number of carbonyl (C=O) groups is 3. The fourth-order valence-electron chi connectivity index (χ4n) is 10.1. The molecule has 4 aliphatic carbocycles. The lowest BCUT2D eigenvalue weighted by Gasteiger charge is -2.40. The molecule has 0 radical (unpaired) electrons. The van der Waals surface area contributed by atoms with Crippen LogP contribution in [0.5, 0.6) is 0 Å². The number of alkyl carbamates (subject to hydrolysis) is 1. The van der Waals surface area contributed by atoms with Gasteiger partial charge in [0, 0.05) is 44.4 Å². The van der Waals surface area contributed by atoms with E-state index in [9.17, 15) is 37.8 Å². The zero-order valence-corrected chi connectivity index (χ0v) is 35.8. The number of ether oxygens (including phenoxy) is 3. The van der Waals surface area contributed by atoms with Gasteiger partial charge in [0.2, 0.25) is 5.91 Å². The summed E-state index contributed by atoms with van der Waals surface area (Å²) in [7, 11) is 0. The summed E-state index contributed by atoms with van der Waals surface area (Å²) >= 11 is 0. The fraction of sp³-hybridized carbons (Fsp3) is 0.681. The van der Waals surface area contributed by atoms with Crippen LogP contribution in [0, 0.1) is 22.7 Å². The fourth-order valence-corrected chi connectivity index (χ4v) is 10.1. The first-order valence-corrected chi connectivity index (χ1v) is 22.3. The number of aliphatic hydroxyl groups is 2. The predicted octanol–water partition coefficient (Wildman–Crippen LogP) is 7.23. The Hall–Kier alpha value is -3.72. The maximum absolute atomic E-state index is 13.9. The topological polar surface area (TPSA) is 147 Å². The van der Waals surface area contributed by atoms with Gasteiger partial charge in [-0.1, -0.05) is 36.4 Å². The Bertz CT molecular complexity index is 1840. The zero-order valence-electron chi connectivity index (χ0n) is 35.8. The molecule has 6 atom stereocenters.